The molecule has 0 bridgehead atoms. The van der Waals surface area contributed by atoms with E-state index in [1.54, 1.807) is 7.05 Å². The molecular weight excluding hydrogens is 372 g/mol. The molecule has 0 atom stereocenters. The highest BCUT2D eigenvalue weighted by Gasteiger charge is 2.19. The first-order valence-electron chi connectivity index (χ1n) is 9.70. The maximum Gasteiger partial charge on any atom is 0.240 e. The second kappa shape index (κ2) is 9.45. The van der Waals surface area contributed by atoms with Crippen LogP contribution in [-0.4, -0.2) is 51.1 Å². The molecule has 0 unspecified atom stereocenters. The van der Waals surface area contributed by atoms with Gasteiger partial charge in [0.25, 0.3) is 0 Å². The topological polar surface area (TPSA) is 67.2 Å². The van der Waals surface area contributed by atoms with Crippen LogP contribution in [0.3, 0.4) is 0 Å². The van der Waals surface area contributed by atoms with Crippen LogP contribution in [0.1, 0.15) is 41.0 Å². The molecule has 1 N–H and O–H groups in total. The molecule has 0 fully saturated rings. The second-order valence-corrected chi connectivity index (χ2v) is 9.50. The number of rotatable bonds is 8. The average molecular weight is 405 g/mol. The number of aryl methyl sites for hydroxylation is 1. The van der Waals surface area contributed by atoms with Crippen LogP contribution in [-0.2, 0) is 16.1 Å². The quantitative estimate of drug-likeness (QED) is 0.683. The number of thioether (sulfide) groups is 1. The minimum Gasteiger partial charge on any atom is -0.350 e. The van der Waals surface area contributed by atoms with E-state index >= 15 is 0 Å². The fourth-order valence-electron chi connectivity index (χ4n) is 2.76. The molecule has 7 heteroatoms. The monoisotopic (exact) mass is 404 g/mol. The van der Waals surface area contributed by atoms with Crippen LogP contribution in [0.15, 0.2) is 29.4 Å². The van der Waals surface area contributed by atoms with E-state index in [4.69, 9.17) is 4.98 Å². The van der Waals surface area contributed by atoms with Gasteiger partial charge in [-0.25, -0.2) is 4.98 Å². The molecule has 0 radical (unpaired) electrons. The minimum absolute atomic E-state index is 0.0560. The van der Waals surface area contributed by atoms with Crippen molar-refractivity contribution in [2.75, 3.05) is 19.3 Å². The number of hydrogen-bond donors (Lipinski definition) is 1. The number of nitrogens with one attached hydrogen (secondary N) is 1. The van der Waals surface area contributed by atoms with Gasteiger partial charge in [0.1, 0.15) is 0 Å². The van der Waals surface area contributed by atoms with Gasteiger partial charge in [0, 0.05) is 19.1 Å². The fourth-order valence-corrected chi connectivity index (χ4v) is 3.75. The third-order valence-electron chi connectivity index (χ3n) is 4.20. The SMILES string of the molecule is CC(C)CCn1c(SCC(=O)N(C)CC(=O)NC(C)(C)C)nc2ccccc21. The maximum atomic E-state index is 12.5. The molecule has 2 aromatic rings. The van der Waals surface area contributed by atoms with Gasteiger partial charge in [-0.05, 0) is 45.2 Å². The van der Waals surface area contributed by atoms with E-state index in [2.05, 4.69) is 29.8 Å². The number of fused-ring (bicyclic) bond motifs is 1. The first-order chi connectivity index (χ1) is 13.1. The summed E-state index contributed by atoms with van der Waals surface area (Å²) >= 11 is 1.43. The van der Waals surface area contributed by atoms with Gasteiger partial charge in [-0.3, -0.25) is 9.59 Å². The molecule has 6 nitrogen and oxygen atoms in total. The van der Waals surface area contributed by atoms with Gasteiger partial charge in [0.05, 0.1) is 23.3 Å². The summed E-state index contributed by atoms with van der Waals surface area (Å²) in [4.78, 5) is 30.7. The van der Waals surface area contributed by atoms with E-state index in [1.807, 2.05) is 39.0 Å². The van der Waals surface area contributed by atoms with Crippen LogP contribution in [0.4, 0.5) is 0 Å². The summed E-state index contributed by atoms with van der Waals surface area (Å²) < 4.78 is 2.19. The normalized spacial score (nSPS) is 11.8. The van der Waals surface area contributed by atoms with Crippen LogP contribution in [0.25, 0.3) is 11.0 Å². The van der Waals surface area contributed by atoms with E-state index in [0.29, 0.717) is 5.92 Å². The van der Waals surface area contributed by atoms with E-state index in [1.165, 1.54) is 16.7 Å². The summed E-state index contributed by atoms with van der Waals surface area (Å²) in [6, 6.07) is 8.05. The highest BCUT2D eigenvalue weighted by Crippen LogP contribution is 2.25. The summed E-state index contributed by atoms with van der Waals surface area (Å²) in [7, 11) is 1.66. The minimum atomic E-state index is -0.309. The lowest BCUT2D eigenvalue weighted by atomic mass is 10.1. The smallest absolute Gasteiger partial charge is 0.240 e. The Morgan fingerprint density at radius 1 is 1.25 bits per heavy atom. The zero-order valence-electron chi connectivity index (χ0n) is 17.8. The molecule has 0 spiro atoms. The number of carbonyl (C=O) groups excluding carboxylic acids is 2. The molecule has 0 saturated heterocycles. The van der Waals surface area contributed by atoms with Crippen LogP contribution < -0.4 is 5.32 Å². The molecule has 0 aliphatic heterocycles. The van der Waals surface area contributed by atoms with Crippen molar-refractivity contribution in [3.8, 4) is 0 Å². The number of para-hydroxylation sites is 2. The third kappa shape index (κ3) is 6.55. The molecular formula is C21H32N4O2S. The van der Waals surface area contributed by atoms with Gasteiger partial charge in [-0.2, -0.15) is 0 Å². The summed E-state index contributed by atoms with van der Waals surface area (Å²) in [6.07, 6.45) is 1.05. The van der Waals surface area contributed by atoms with E-state index in [9.17, 15) is 9.59 Å². The van der Waals surface area contributed by atoms with Crippen molar-refractivity contribution >= 4 is 34.6 Å². The standard InChI is InChI=1S/C21H32N4O2S/c1-15(2)11-12-25-17-10-8-7-9-16(17)22-20(25)28-14-19(27)24(6)13-18(26)23-21(3,4)5/h7-10,15H,11-14H2,1-6H3,(H,23,26). The van der Waals surface area contributed by atoms with Crippen LogP contribution in [0, 0.1) is 5.92 Å². The lowest BCUT2D eigenvalue weighted by molar-refractivity contribution is -0.133. The Labute approximate surface area is 172 Å². The van der Waals surface area contributed by atoms with Gasteiger partial charge < -0.3 is 14.8 Å². The molecule has 0 saturated carbocycles. The third-order valence-corrected chi connectivity index (χ3v) is 5.16. The Morgan fingerprint density at radius 3 is 2.57 bits per heavy atom. The predicted molar refractivity (Wildman–Crippen MR) is 115 cm³/mol. The van der Waals surface area contributed by atoms with Crippen LogP contribution >= 0.6 is 11.8 Å². The van der Waals surface area contributed by atoms with Crippen molar-refractivity contribution in [2.24, 2.45) is 5.92 Å². The lowest BCUT2D eigenvalue weighted by Gasteiger charge is -2.23. The molecule has 1 aromatic heterocycles. The van der Waals surface area contributed by atoms with Crippen molar-refractivity contribution in [3.63, 3.8) is 0 Å². The van der Waals surface area contributed by atoms with Crippen LogP contribution in [0.2, 0.25) is 0 Å². The molecule has 0 aliphatic carbocycles. The Balaban J connectivity index is 2.03. The van der Waals surface area contributed by atoms with Gasteiger partial charge in [-0.15, -0.1) is 0 Å². The van der Waals surface area contributed by atoms with Gasteiger partial charge >= 0.3 is 0 Å². The lowest BCUT2D eigenvalue weighted by Crippen LogP contribution is -2.46. The molecule has 1 heterocycles. The molecule has 0 aliphatic rings. The predicted octanol–water partition coefficient (Wildman–Crippen LogP) is 3.55. The number of imidazole rings is 1. The first-order valence-corrected chi connectivity index (χ1v) is 10.7. The van der Waals surface area contributed by atoms with Gasteiger partial charge in [0.15, 0.2) is 5.16 Å². The summed E-state index contributed by atoms with van der Waals surface area (Å²) in [5, 5.41) is 3.73. The van der Waals surface area contributed by atoms with Crippen molar-refractivity contribution in [2.45, 2.75) is 58.3 Å². The van der Waals surface area contributed by atoms with Crippen molar-refractivity contribution in [3.05, 3.63) is 24.3 Å². The van der Waals surface area contributed by atoms with E-state index < -0.39 is 0 Å². The highest BCUT2D eigenvalue weighted by atomic mass is 32.2. The number of likely N-dealkylation sites (N-methyl/N-ethyl adjacent to an activating group) is 1. The molecule has 2 rings (SSSR count). The molecule has 1 aromatic carbocycles. The van der Waals surface area contributed by atoms with Crippen LogP contribution in [0.5, 0.6) is 0 Å². The first kappa shape index (κ1) is 22.3. The van der Waals surface area contributed by atoms with E-state index in [-0.39, 0.29) is 29.7 Å². The summed E-state index contributed by atoms with van der Waals surface area (Å²) in [5.74, 6) is 0.603. The molecule has 2 amide bonds. The maximum absolute atomic E-state index is 12.5. The number of nitrogens with zero attached hydrogens (tertiary/aromatic N) is 3. The largest absolute Gasteiger partial charge is 0.350 e. The van der Waals surface area contributed by atoms with E-state index in [0.717, 1.165) is 29.2 Å². The molecule has 28 heavy (non-hydrogen) atoms. The number of hydrogen-bond acceptors (Lipinski definition) is 4. The fraction of sp³-hybridized carbons (Fsp3) is 0.571. The Morgan fingerprint density at radius 2 is 1.93 bits per heavy atom. The number of carbonyl (C=O) groups is 2. The zero-order valence-corrected chi connectivity index (χ0v) is 18.6. The Hall–Kier alpha value is -2.02. The average Bonchev–Trinajstić information content (AvgIpc) is 2.93. The van der Waals surface area contributed by atoms with Crippen molar-refractivity contribution in [1.82, 2.24) is 19.8 Å². The number of amides is 2. The zero-order chi connectivity index (χ0) is 20.9. The summed E-state index contributed by atoms with van der Waals surface area (Å²) in [5.41, 5.74) is 1.73. The Bertz CT molecular complexity index is 823. The van der Waals surface area contributed by atoms with Gasteiger partial charge in [0.2, 0.25) is 11.8 Å². The second-order valence-electron chi connectivity index (χ2n) is 8.55. The molecule has 154 valence electrons. The summed E-state index contributed by atoms with van der Waals surface area (Å²) in [6.45, 7) is 11.1. The number of benzene rings is 1. The van der Waals surface area contributed by atoms with Crippen molar-refractivity contribution < 1.29 is 9.59 Å². The number of aromatic nitrogens is 2. The van der Waals surface area contributed by atoms with Gasteiger partial charge in [-0.1, -0.05) is 37.7 Å². The Kier molecular flexibility index (Phi) is 7.52. The van der Waals surface area contributed by atoms with Crippen molar-refractivity contribution in [1.29, 1.82) is 0 Å². The highest BCUT2D eigenvalue weighted by molar-refractivity contribution is 7.99.